The molecule has 0 atom stereocenters. The number of benzene rings is 1. The molecular weight excluding hydrogens is 277 g/mol. The fourth-order valence-electron chi connectivity index (χ4n) is 1.64. The molecule has 0 unspecified atom stereocenters. The van der Waals surface area contributed by atoms with Crippen molar-refractivity contribution in [3.63, 3.8) is 0 Å². The lowest BCUT2D eigenvalue weighted by Gasteiger charge is -2.17. The third-order valence-corrected chi connectivity index (χ3v) is 3.31. The van der Waals surface area contributed by atoms with Gasteiger partial charge in [-0.1, -0.05) is 30.0 Å². The van der Waals surface area contributed by atoms with E-state index in [9.17, 15) is 18.0 Å². The molecule has 2 rings (SSSR count). The fraction of sp³-hybridized carbons (Fsp3) is 0.167. The van der Waals surface area contributed by atoms with Crippen molar-refractivity contribution in [3.8, 4) is 0 Å². The number of rotatable bonds is 3. The van der Waals surface area contributed by atoms with Gasteiger partial charge in [0.2, 0.25) is 5.91 Å². The minimum absolute atomic E-state index is 0.00306. The number of anilines is 1. The van der Waals surface area contributed by atoms with Crippen molar-refractivity contribution in [3.05, 3.63) is 35.7 Å². The van der Waals surface area contributed by atoms with Crippen LogP contribution in [0.3, 0.4) is 0 Å². The van der Waals surface area contributed by atoms with Gasteiger partial charge in [0.05, 0.1) is 11.4 Å². The highest BCUT2D eigenvalue weighted by Gasteiger charge is 2.29. The van der Waals surface area contributed by atoms with E-state index in [1.807, 2.05) is 0 Å². The Morgan fingerprint density at radius 3 is 2.68 bits per heavy atom. The number of hydrogen-bond acceptors (Lipinski definition) is 3. The molecule has 19 heavy (non-hydrogen) atoms. The van der Waals surface area contributed by atoms with E-state index in [4.69, 9.17) is 5.41 Å². The van der Waals surface area contributed by atoms with Gasteiger partial charge in [0, 0.05) is 5.56 Å². The van der Waals surface area contributed by atoms with E-state index in [-0.39, 0.29) is 28.1 Å². The van der Waals surface area contributed by atoms with Crippen LogP contribution in [0.15, 0.2) is 30.1 Å². The average Bonchev–Trinajstić information content (AvgIpc) is 2.70. The second-order valence-corrected chi connectivity index (χ2v) is 4.68. The summed E-state index contributed by atoms with van der Waals surface area (Å²) in [4.78, 5) is 12.8. The van der Waals surface area contributed by atoms with Crippen LogP contribution < -0.4 is 4.90 Å². The number of alkyl halides is 2. The number of thioether (sulfide) groups is 1. The normalized spacial score (nSPS) is 16.6. The molecule has 0 bridgehead atoms. The monoisotopic (exact) mass is 286 g/mol. The van der Waals surface area contributed by atoms with Crippen molar-refractivity contribution in [2.24, 2.45) is 0 Å². The Morgan fingerprint density at radius 2 is 2.11 bits per heavy atom. The van der Waals surface area contributed by atoms with Crippen molar-refractivity contribution >= 4 is 34.6 Å². The minimum atomic E-state index is -3.20. The predicted octanol–water partition coefficient (Wildman–Crippen LogP) is 3.28. The summed E-state index contributed by atoms with van der Waals surface area (Å²) in [5, 5.41) is 7.65. The number of halogens is 3. The van der Waals surface area contributed by atoms with Gasteiger partial charge in [-0.3, -0.25) is 15.1 Å². The molecule has 0 radical (unpaired) electrons. The second-order valence-electron chi connectivity index (χ2n) is 3.71. The van der Waals surface area contributed by atoms with Crippen molar-refractivity contribution in [1.82, 2.24) is 0 Å². The lowest BCUT2D eigenvalue weighted by molar-refractivity contribution is -0.115. The zero-order valence-electron chi connectivity index (χ0n) is 9.57. The zero-order chi connectivity index (χ0) is 14.0. The topological polar surface area (TPSA) is 44.2 Å². The summed E-state index contributed by atoms with van der Waals surface area (Å²) in [7, 11) is 0. The molecule has 1 aromatic carbocycles. The first kappa shape index (κ1) is 13.7. The molecule has 7 heteroatoms. The Bertz CT molecular complexity index is 544. The number of carbonyl (C=O) groups excluding carboxylic acids is 1. The van der Waals surface area contributed by atoms with Gasteiger partial charge in [-0.25, -0.2) is 13.2 Å². The largest absolute Gasteiger partial charge is 0.289 e. The second kappa shape index (κ2) is 5.48. The number of nitrogens with one attached hydrogen (secondary N) is 1. The highest BCUT2D eigenvalue weighted by molar-refractivity contribution is 8.15. The molecule has 0 aliphatic carbocycles. The van der Waals surface area contributed by atoms with Crippen molar-refractivity contribution in [2.45, 2.75) is 6.43 Å². The highest BCUT2D eigenvalue weighted by atomic mass is 32.2. The summed E-state index contributed by atoms with van der Waals surface area (Å²) in [5.41, 5.74) is 0.374. The van der Waals surface area contributed by atoms with Gasteiger partial charge in [0.1, 0.15) is 0 Å². The molecule has 3 nitrogen and oxygen atoms in total. The Kier molecular flexibility index (Phi) is 3.94. The molecule has 0 aromatic heterocycles. The van der Waals surface area contributed by atoms with Crippen LogP contribution in [-0.2, 0) is 4.79 Å². The number of hydrogen-bond donors (Lipinski definition) is 1. The van der Waals surface area contributed by atoms with Crippen molar-refractivity contribution < 1.29 is 18.0 Å². The lowest BCUT2D eigenvalue weighted by atomic mass is 10.1. The summed E-state index contributed by atoms with van der Waals surface area (Å²) in [5.74, 6) is -1.78. The van der Waals surface area contributed by atoms with Gasteiger partial charge in [0.25, 0.3) is 6.43 Å². The van der Waals surface area contributed by atoms with Gasteiger partial charge in [-0.15, -0.1) is 0 Å². The van der Waals surface area contributed by atoms with Gasteiger partial charge >= 0.3 is 0 Å². The SMILES string of the molecule is N=C1SCC(=O)N1c1ccccc1C=C(F)C(F)F. The summed E-state index contributed by atoms with van der Waals surface area (Å²) < 4.78 is 37.4. The van der Waals surface area contributed by atoms with E-state index in [2.05, 4.69) is 0 Å². The van der Waals surface area contributed by atoms with Gasteiger partial charge in [-0.05, 0) is 12.1 Å². The van der Waals surface area contributed by atoms with Crippen LogP contribution in [0.5, 0.6) is 0 Å². The third kappa shape index (κ3) is 2.81. The molecule has 1 N–H and O–H groups in total. The van der Waals surface area contributed by atoms with E-state index < -0.39 is 12.3 Å². The van der Waals surface area contributed by atoms with E-state index in [0.717, 1.165) is 16.7 Å². The Hall–Kier alpha value is -1.76. The fourth-order valence-corrected chi connectivity index (χ4v) is 2.36. The molecule has 0 spiro atoms. The summed E-state index contributed by atoms with van der Waals surface area (Å²) in [6.07, 6.45) is -2.51. The van der Waals surface area contributed by atoms with Crippen LogP contribution in [-0.4, -0.2) is 23.3 Å². The number of carbonyl (C=O) groups is 1. The lowest BCUT2D eigenvalue weighted by Crippen LogP contribution is -2.29. The maximum absolute atomic E-state index is 13.0. The quantitative estimate of drug-likeness (QED) is 0.926. The standard InChI is InChI=1S/C12H9F3N2OS/c13-8(11(14)15)5-7-3-1-2-4-9(7)17-10(18)6-19-12(17)16/h1-5,11,16H,6H2. The summed E-state index contributed by atoms with van der Waals surface area (Å²) in [6.45, 7) is 0. The van der Waals surface area contributed by atoms with E-state index in [1.165, 1.54) is 12.1 Å². The molecule has 1 saturated heterocycles. The molecule has 0 saturated carbocycles. The molecule has 1 amide bonds. The van der Waals surface area contributed by atoms with Gasteiger partial charge in [0.15, 0.2) is 11.0 Å². The predicted molar refractivity (Wildman–Crippen MR) is 69.2 cm³/mol. The van der Waals surface area contributed by atoms with Gasteiger partial charge < -0.3 is 0 Å². The van der Waals surface area contributed by atoms with E-state index in [0.29, 0.717) is 6.08 Å². The smallest absolute Gasteiger partial charge is 0.278 e. The van der Waals surface area contributed by atoms with Crippen LogP contribution in [0.2, 0.25) is 0 Å². The summed E-state index contributed by atoms with van der Waals surface area (Å²) >= 11 is 1.04. The maximum Gasteiger partial charge on any atom is 0.289 e. The number of amidine groups is 1. The first-order chi connectivity index (χ1) is 9.00. The number of allylic oxidation sites excluding steroid dienone is 1. The molecule has 1 aromatic rings. The highest BCUT2D eigenvalue weighted by Crippen LogP contribution is 2.30. The Labute approximate surface area is 111 Å². The molecule has 1 fully saturated rings. The zero-order valence-corrected chi connectivity index (χ0v) is 10.4. The Balaban J connectivity index is 2.45. The van der Waals surface area contributed by atoms with Crippen LogP contribution >= 0.6 is 11.8 Å². The third-order valence-electron chi connectivity index (χ3n) is 2.46. The van der Waals surface area contributed by atoms with Gasteiger partial charge in [-0.2, -0.15) is 0 Å². The first-order valence-electron chi connectivity index (χ1n) is 5.29. The van der Waals surface area contributed by atoms with E-state index in [1.54, 1.807) is 12.1 Å². The Morgan fingerprint density at radius 1 is 1.42 bits per heavy atom. The average molecular weight is 286 g/mol. The maximum atomic E-state index is 13.0. The number of para-hydroxylation sites is 1. The van der Waals surface area contributed by atoms with Crippen molar-refractivity contribution in [1.29, 1.82) is 5.41 Å². The molecular formula is C12H9F3N2OS. The van der Waals surface area contributed by atoms with Crippen LogP contribution in [0, 0.1) is 5.41 Å². The number of nitrogens with zero attached hydrogens (tertiary/aromatic N) is 1. The van der Waals surface area contributed by atoms with Crippen LogP contribution in [0.25, 0.3) is 6.08 Å². The van der Waals surface area contributed by atoms with Crippen LogP contribution in [0.4, 0.5) is 18.9 Å². The minimum Gasteiger partial charge on any atom is -0.278 e. The van der Waals surface area contributed by atoms with E-state index >= 15 is 0 Å². The van der Waals surface area contributed by atoms with Crippen molar-refractivity contribution in [2.75, 3.05) is 10.7 Å². The summed E-state index contributed by atoms with van der Waals surface area (Å²) in [6, 6.07) is 6.05. The first-order valence-corrected chi connectivity index (χ1v) is 6.28. The number of amides is 1. The molecule has 1 heterocycles. The van der Waals surface area contributed by atoms with Crippen LogP contribution in [0.1, 0.15) is 5.56 Å². The molecule has 100 valence electrons. The molecule has 1 aliphatic heterocycles. The molecule has 1 aliphatic rings.